The largest absolute Gasteiger partial charge is 0.481 e. The standard InChI is InChI=1S/C13H18N2O3/c1-8-11(7-13(16)17)9(2)15-12(14-8)6-10-4-3-5-18-10/h10H,3-7H2,1-2H3,(H,16,17). The summed E-state index contributed by atoms with van der Waals surface area (Å²) < 4.78 is 5.56. The number of aryl methyl sites for hydroxylation is 2. The molecule has 0 bridgehead atoms. The third-order valence-corrected chi connectivity index (χ3v) is 3.23. The van der Waals surface area contributed by atoms with Gasteiger partial charge in [-0.3, -0.25) is 4.79 Å². The molecule has 1 unspecified atom stereocenters. The minimum absolute atomic E-state index is 0.0160. The summed E-state index contributed by atoms with van der Waals surface area (Å²) in [7, 11) is 0. The van der Waals surface area contributed by atoms with Gasteiger partial charge < -0.3 is 9.84 Å². The molecule has 0 radical (unpaired) electrons. The number of carboxylic acid groups (broad SMARTS) is 1. The Bertz CT molecular complexity index is 431. The zero-order valence-electron chi connectivity index (χ0n) is 10.8. The smallest absolute Gasteiger partial charge is 0.307 e. The van der Waals surface area contributed by atoms with E-state index in [9.17, 15) is 4.79 Å². The summed E-state index contributed by atoms with van der Waals surface area (Å²) in [5, 5.41) is 8.84. The second-order valence-electron chi connectivity index (χ2n) is 4.70. The van der Waals surface area contributed by atoms with E-state index >= 15 is 0 Å². The molecule has 0 aliphatic carbocycles. The third kappa shape index (κ3) is 3.04. The maximum absolute atomic E-state index is 10.8. The number of carboxylic acids is 1. The van der Waals surface area contributed by atoms with Crippen molar-refractivity contribution in [3.05, 3.63) is 22.8 Å². The number of aromatic nitrogens is 2. The summed E-state index contributed by atoms with van der Waals surface area (Å²) in [4.78, 5) is 19.6. The van der Waals surface area contributed by atoms with Gasteiger partial charge in [-0.2, -0.15) is 0 Å². The molecule has 1 aliphatic heterocycles. The molecule has 1 saturated heterocycles. The van der Waals surface area contributed by atoms with E-state index in [1.807, 2.05) is 13.8 Å². The van der Waals surface area contributed by atoms with Gasteiger partial charge in [0.15, 0.2) is 0 Å². The minimum Gasteiger partial charge on any atom is -0.481 e. The van der Waals surface area contributed by atoms with Crippen LogP contribution in [0.15, 0.2) is 0 Å². The Morgan fingerprint density at radius 2 is 2.06 bits per heavy atom. The van der Waals surface area contributed by atoms with Gasteiger partial charge >= 0.3 is 5.97 Å². The molecule has 98 valence electrons. The van der Waals surface area contributed by atoms with Crippen LogP contribution >= 0.6 is 0 Å². The fraction of sp³-hybridized carbons (Fsp3) is 0.615. The minimum atomic E-state index is -0.850. The molecule has 0 aromatic carbocycles. The molecule has 1 atom stereocenters. The average Bonchev–Trinajstić information content (AvgIpc) is 2.76. The van der Waals surface area contributed by atoms with Gasteiger partial charge in [-0.05, 0) is 26.7 Å². The molecule has 1 aliphatic rings. The zero-order valence-corrected chi connectivity index (χ0v) is 10.8. The first-order valence-electron chi connectivity index (χ1n) is 6.22. The second kappa shape index (κ2) is 5.44. The van der Waals surface area contributed by atoms with E-state index < -0.39 is 5.97 Å². The van der Waals surface area contributed by atoms with Gasteiger partial charge in [0.25, 0.3) is 0 Å². The van der Waals surface area contributed by atoms with E-state index in [1.165, 1.54) is 0 Å². The van der Waals surface area contributed by atoms with Crippen LogP contribution in [0.2, 0.25) is 0 Å². The Morgan fingerprint density at radius 3 is 2.56 bits per heavy atom. The summed E-state index contributed by atoms with van der Waals surface area (Å²) in [5.74, 6) is -0.0947. The SMILES string of the molecule is Cc1nc(CC2CCCO2)nc(C)c1CC(=O)O. The maximum Gasteiger partial charge on any atom is 0.307 e. The van der Waals surface area contributed by atoms with Gasteiger partial charge in [-0.25, -0.2) is 9.97 Å². The van der Waals surface area contributed by atoms with Crippen LogP contribution in [0.1, 0.15) is 35.6 Å². The fourth-order valence-electron chi connectivity index (χ4n) is 2.32. The quantitative estimate of drug-likeness (QED) is 0.875. The van der Waals surface area contributed by atoms with Crippen molar-refractivity contribution in [2.75, 3.05) is 6.61 Å². The van der Waals surface area contributed by atoms with E-state index in [-0.39, 0.29) is 12.5 Å². The predicted molar refractivity (Wildman–Crippen MR) is 65.5 cm³/mol. The van der Waals surface area contributed by atoms with Crippen LogP contribution in [0.25, 0.3) is 0 Å². The van der Waals surface area contributed by atoms with Crippen molar-refractivity contribution >= 4 is 5.97 Å². The third-order valence-electron chi connectivity index (χ3n) is 3.23. The van der Waals surface area contributed by atoms with E-state index in [0.29, 0.717) is 0 Å². The van der Waals surface area contributed by atoms with Gasteiger partial charge in [0, 0.05) is 30.0 Å². The molecule has 0 amide bonds. The molecule has 0 saturated carbocycles. The van der Waals surface area contributed by atoms with Crippen molar-refractivity contribution < 1.29 is 14.6 Å². The summed E-state index contributed by atoms with van der Waals surface area (Å²) in [5.41, 5.74) is 2.24. The van der Waals surface area contributed by atoms with Gasteiger partial charge in [-0.15, -0.1) is 0 Å². The fourth-order valence-corrected chi connectivity index (χ4v) is 2.32. The van der Waals surface area contributed by atoms with Crippen LogP contribution in [0, 0.1) is 13.8 Å². The topological polar surface area (TPSA) is 72.3 Å². The predicted octanol–water partition coefficient (Wildman–Crippen LogP) is 1.44. The molecule has 5 nitrogen and oxygen atoms in total. The Hall–Kier alpha value is -1.49. The van der Waals surface area contributed by atoms with Crippen molar-refractivity contribution in [2.24, 2.45) is 0 Å². The molecule has 0 spiro atoms. The van der Waals surface area contributed by atoms with Gasteiger partial charge in [0.1, 0.15) is 5.82 Å². The number of carbonyl (C=O) groups is 1. The molecule has 1 fully saturated rings. The Kier molecular flexibility index (Phi) is 3.91. The lowest BCUT2D eigenvalue weighted by atomic mass is 10.1. The van der Waals surface area contributed by atoms with Gasteiger partial charge in [-0.1, -0.05) is 0 Å². The lowest BCUT2D eigenvalue weighted by Crippen LogP contribution is -2.15. The summed E-state index contributed by atoms with van der Waals surface area (Å²) in [6, 6.07) is 0. The van der Waals surface area contributed by atoms with Crippen LogP contribution in [-0.4, -0.2) is 33.8 Å². The molecule has 1 aromatic heterocycles. The van der Waals surface area contributed by atoms with Gasteiger partial charge in [0.2, 0.25) is 0 Å². The van der Waals surface area contributed by atoms with Crippen molar-refractivity contribution in [1.82, 2.24) is 9.97 Å². The first-order chi connectivity index (χ1) is 8.56. The Morgan fingerprint density at radius 1 is 1.39 bits per heavy atom. The van der Waals surface area contributed by atoms with Gasteiger partial charge in [0.05, 0.1) is 12.5 Å². The number of aliphatic carboxylic acids is 1. The highest BCUT2D eigenvalue weighted by Crippen LogP contribution is 2.17. The molecule has 1 aromatic rings. The first-order valence-corrected chi connectivity index (χ1v) is 6.22. The van der Waals surface area contributed by atoms with Crippen LogP contribution in [0.5, 0.6) is 0 Å². The summed E-state index contributed by atoms with van der Waals surface area (Å²) >= 11 is 0. The first kappa shape index (κ1) is 13.0. The van der Waals surface area contributed by atoms with Crippen LogP contribution in [-0.2, 0) is 22.4 Å². The molecule has 1 N–H and O–H groups in total. The van der Waals surface area contributed by atoms with E-state index in [1.54, 1.807) is 0 Å². The second-order valence-corrected chi connectivity index (χ2v) is 4.70. The van der Waals surface area contributed by atoms with E-state index in [2.05, 4.69) is 9.97 Å². The highest BCUT2D eigenvalue weighted by Gasteiger charge is 2.19. The molecular formula is C13H18N2O3. The molecule has 18 heavy (non-hydrogen) atoms. The van der Waals surface area contributed by atoms with Crippen LogP contribution < -0.4 is 0 Å². The number of hydrogen-bond acceptors (Lipinski definition) is 4. The zero-order chi connectivity index (χ0) is 13.1. The monoisotopic (exact) mass is 250 g/mol. The van der Waals surface area contributed by atoms with Crippen molar-refractivity contribution in [3.63, 3.8) is 0 Å². The van der Waals surface area contributed by atoms with Crippen LogP contribution in [0.3, 0.4) is 0 Å². The number of ether oxygens (including phenoxy) is 1. The number of rotatable bonds is 4. The highest BCUT2D eigenvalue weighted by molar-refractivity contribution is 5.70. The maximum atomic E-state index is 10.8. The lowest BCUT2D eigenvalue weighted by molar-refractivity contribution is -0.136. The van der Waals surface area contributed by atoms with E-state index in [0.717, 1.165) is 48.6 Å². The Labute approximate surface area is 106 Å². The molecule has 2 rings (SSSR count). The van der Waals surface area contributed by atoms with Crippen molar-refractivity contribution in [1.29, 1.82) is 0 Å². The number of nitrogens with zero attached hydrogens (tertiary/aromatic N) is 2. The normalized spacial score (nSPS) is 19.1. The van der Waals surface area contributed by atoms with Crippen LogP contribution in [0.4, 0.5) is 0 Å². The molecular weight excluding hydrogens is 232 g/mol. The highest BCUT2D eigenvalue weighted by atomic mass is 16.5. The van der Waals surface area contributed by atoms with Crippen molar-refractivity contribution in [2.45, 2.75) is 45.6 Å². The molecule has 2 heterocycles. The Balaban J connectivity index is 2.16. The number of hydrogen-bond donors (Lipinski definition) is 1. The average molecular weight is 250 g/mol. The molecule has 5 heteroatoms. The van der Waals surface area contributed by atoms with E-state index in [4.69, 9.17) is 9.84 Å². The lowest BCUT2D eigenvalue weighted by Gasteiger charge is -2.12. The van der Waals surface area contributed by atoms with Crippen molar-refractivity contribution in [3.8, 4) is 0 Å². The summed E-state index contributed by atoms with van der Waals surface area (Å²) in [6.45, 7) is 4.50. The summed E-state index contributed by atoms with van der Waals surface area (Å²) in [6.07, 6.45) is 3.07.